The van der Waals surface area contributed by atoms with E-state index in [2.05, 4.69) is 5.10 Å². The Labute approximate surface area is 121 Å². The molecule has 20 heavy (non-hydrogen) atoms. The van der Waals surface area contributed by atoms with Gasteiger partial charge in [0.05, 0.1) is 21.7 Å². The Morgan fingerprint density at radius 3 is 2.90 bits per heavy atom. The molecule has 1 atom stereocenters. The molecule has 1 saturated heterocycles. The van der Waals surface area contributed by atoms with Crippen LogP contribution in [0.15, 0.2) is 18.5 Å². The van der Waals surface area contributed by atoms with Crippen LogP contribution in [0, 0.1) is 6.92 Å². The van der Waals surface area contributed by atoms with Gasteiger partial charge in [0.25, 0.3) is 5.91 Å². The van der Waals surface area contributed by atoms with Gasteiger partial charge < -0.3 is 10.0 Å². The van der Waals surface area contributed by atoms with Crippen LogP contribution in [0.1, 0.15) is 29.3 Å². The van der Waals surface area contributed by atoms with Gasteiger partial charge >= 0.3 is 0 Å². The normalized spacial score (nSPS) is 22.7. The van der Waals surface area contributed by atoms with E-state index in [1.165, 1.54) is 0 Å². The SMILES string of the molecule is Cc1c(C(=O)N2CC[C@@](C)(O)C2)cn2nccc(Cl)c12. The maximum Gasteiger partial charge on any atom is 0.255 e. The van der Waals surface area contributed by atoms with Gasteiger partial charge in [0.1, 0.15) is 0 Å². The minimum absolute atomic E-state index is 0.0816. The Kier molecular flexibility index (Phi) is 2.99. The minimum Gasteiger partial charge on any atom is -0.388 e. The average molecular weight is 294 g/mol. The summed E-state index contributed by atoms with van der Waals surface area (Å²) < 4.78 is 1.62. The maximum absolute atomic E-state index is 12.6. The second kappa shape index (κ2) is 4.46. The lowest BCUT2D eigenvalue weighted by molar-refractivity contribution is 0.0572. The fourth-order valence-electron chi connectivity index (χ4n) is 2.72. The average Bonchev–Trinajstić information content (AvgIpc) is 2.90. The largest absolute Gasteiger partial charge is 0.388 e. The first kappa shape index (κ1) is 13.4. The van der Waals surface area contributed by atoms with Gasteiger partial charge in [-0.1, -0.05) is 11.6 Å². The van der Waals surface area contributed by atoms with Crippen LogP contribution >= 0.6 is 11.6 Å². The lowest BCUT2D eigenvalue weighted by Gasteiger charge is -2.18. The lowest BCUT2D eigenvalue weighted by Crippen LogP contribution is -2.34. The highest BCUT2D eigenvalue weighted by Gasteiger charge is 2.35. The molecule has 0 saturated carbocycles. The van der Waals surface area contributed by atoms with Gasteiger partial charge in [-0.05, 0) is 31.9 Å². The highest BCUT2D eigenvalue weighted by atomic mass is 35.5. The van der Waals surface area contributed by atoms with E-state index in [0.29, 0.717) is 30.1 Å². The number of likely N-dealkylation sites (tertiary alicyclic amines) is 1. The standard InChI is InChI=1S/C14H16ClN3O2/c1-9-10(7-18-12(9)11(15)3-5-16-18)13(19)17-6-4-14(2,20)8-17/h3,5,7,20H,4,6,8H2,1-2H3/t14-/m1/s1. The number of aliphatic hydroxyl groups is 1. The summed E-state index contributed by atoms with van der Waals surface area (Å²) in [4.78, 5) is 14.2. The quantitative estimate of drug-likeness (QED) is 0.873. The lowest BCUT2D eigenvalue weighted by atomic mass is 10.1. The molecule has 106 valence electrons. The zero-order valence-corrected chi connectivity index (χ0v) is 12.2. The van der Waals surface area contributed by atoms with Gasteiger partial charge in [0.2, 0.25) is 0 Å². The van der Waals surface area contributed by atoms with Gasteiger partial charge in [-0.3, -0.25) is 4.79 Å². The number of hydrogen-bond acceptors (Lipinski definition) is 3. The second-order valence-electron chi connectivity index (χ2n) is 5.61. The fraction of sp³-hybridized carbons (Fsp3) is 0.429. The van der Waals surface area contributed by atoms with Crippen LogP contribution in [0.3, 0.4) is 0 Å². The monoisotopic (exact) mass is 293 g/mol. The molecule has 5 nitrogen and oxygen atoms in total. The third-order valence-electron chi connectivity index (χ3n) is 3.85. The van der Waals surface area contributed by atoms with Crippen LogP contribution in [0.25, 0.3) is 5.52 Å². The molecule has 1 N–H and O–H groups in total. The second-order valence-corrected chi connectivity index (χ2v) is 6.02. The van der Waals surface area contributed by atoms with Crippen LogP contribution in [-0.4, -0.2) is 44.2 Å². The van der Waals surface area contributed by atoms with Crippen molar-refractivity contribution in [1.82, 2.24) is 14.5 Å². The molecule has 0 unspecified atom stereocenters. The van der Waals surface area contributed by atoms with E-state index in [9.17, 15) is 9.90 Å². The van der Waals surface area contributed by atoms with Crippen molar-refractivity contribution in [2.75, 3.05) is 13.1 Å². The van der Waals surface area contributed by atoms with E-state index in [1.807, 2.05) is 6.92 Å². The number of nitrogens with zero attached hydrogens (tertiary/aromatic N) is 3. The van der Waals surface area contributed by atoms with Gasteiger partial charge in [-0.2, -0.15) is 5.10 Å². The number of fused-ring (bicyclic) bond motifs is 1. The summed E-state index contributed by atoms with van der Waals surface area (Å²) >= 11 is 6.16. The van der Waals surface area contributed by atoms with E-state index in [-0.39, 0.29) is 5.91 Å². The van der Waals surface area contributed by atoms with Crippen molar-refractivity contribution in [2.45, 2.75) is 25.9 Å². The number of aryl methyl sites for hydroxylation is 1. The highest BCUT2D eigenvalue weighted by Crippen LogP contribution is 2.27. The topological polar surface area (TPSA) is 57.8 Å². The smallest absolute Gasteiger partial charge is 0.255 e. The van der Waals surface area contributed by atoms with Crippen LogP contribution < -0.4 is 0 Å². The van der Waals surface area contributed by atoms with Crippen molar-refractivity contribution < 1.29 is 9.90 Å². The molecule has 6 heteroatoms. The molecule has 1 amide bonds. The molecule has 1 aliphatic heterocycles. The third-order valence-corrected chi connectivity index (χ3v) is 4.15. The van der Waals surface area contributed by atoms with Crippen LogP contribution in [-0.2, 0) is 0 Å². The number of aromatic nitrogens is 2. The van der Waals surface area contributed by atoms with Crippen LogP contribution in [0.4, 0.5) is 0 Å². The summed E-state index contributed by atoms with van der Waals surface area (Å²) in [5.74, 6) is -0.0816. The highest BCUT2D eigenvalue weighted by molar-refractivity contribution is 6.34. The van der Waals surface area contributed by atoms with Gasteiger partial charge in [-0.15, -0.1) is 0 Å². The molecule has 0 bridgehead atoms. The number of carbonyl (C=O) groups is 1. The number of amides is 1. The third kappa shape index (κ3) is 2.07. The van der Waals surface area contributed by atoms with Crippen molar-refractivity contribution in [3.63, 3.8) is 0 Å². The van der Waals surface area contributed by atoms with Gasteiger partial charge in [0, 0.05) is 25.5 Å². The number of β-amino-alcohol motifs (C(OH)–C–C–N with tert-alkyl or cyclic N) is 1. The summed E-state index contributed by atoms with van der Waals surface area (Å²) in [6, 6.07) is 1.71. The first-order chi connectivity index (χ1) is 9.39. The van der Waals surface area contributed by atoms with E-state index in [4.69, 9.17) is 11.6 Å². The molecule has 1 aliphatic rings. The number of carbonyl (C=O) groups excluding carboxylic acids is 1. The Balaban J connectivity index is 2.01. The summed E-state index contributed by atoms with van der Waals surface area (Å²) in [5.41, 5.74) is 1.37. The van der Waals surface area contributed by atoms with E-state index < -0.39 is 5.60 Å². The Morgan fingerprint density at radius 2 is 2.30 bits per heavy atom. The fourth-order valence-corrected chi connectivity index (χ4v) is 3.00. The minimum atomic E-state index is -0.793. The van der Waals surface area contributed by atoms with Crippen LogP contribution in [0.2, 0.25) is 5.02 Å². The van der Waals surface area contributed by atoms with Crippen LogP contribution in [0.5, 0.6) is 0 Å². The molecular weight excluding hydrogens is 278 g/mol. The molecule has 0 aliphatic carbocycles. The van der Waals surface area contributed by atoms with E-state index >= 15 is 0 Å². The van der Waals surface area contributed by atoms with Crippen molar-refractivity contribution in [2.24, 2.45) is 0 Å². The number of hydrogen-bond donors (Lipinski definition) is 1. The van der Waals surface area contributed by atoms with Crippen molar-refractivity contribution in [3.8, 4) is 0 Å². The van der Waals surface area contributed by atoms with E-state index in [1.54, 1.807) is 34.8 Å². The molecular formula is C14H16ClN3O2. The van der Waals surface area contributed by atoms with Gasteiger partial charge in [-0.25, -0.2) is 4.52 Å². The molecule has 0 radical (unpaired) electrons. The number of halogens is 1. The Hall–Kier alpha value is -1.59. The van der Waals surface area contributed by atoms with E-state index in [0.717, 1.165) is 11.1 Å². The zero-order chi connectivity index (χ0) is 14.5. The first-order valence-corrected chi connectivity index (χ1v) is 6.91. The van der Waals surface area contributed by atoms with Crippen molar-refractivity contribution in [1.29, 1.82) is 0 Å². The molecule has 1 fully saturated rings. The summed E-state index contributed by atoms with van der Waals surface area (Å²) in [6.45, 7) is 4.55. The van der Waals surface area contributed by atoms with Crippen molar-refractivity contribution in [3.05, 3.63) is 34.6 Å². The Bertz CT molecular complexity index is 693. The predicted molar refractivity (Wildman–Crippen MR) is 76.1 cm³/mol. The molecule has 3 heterocycles. The summed E-state index contributed by atoms with van der Waals surface area (Å²) in [5, 5.41) is 14.7. The number of rotatable bonds is 1. The van der Waals surface area contributed by atoms with Gasteiger partial charge in [0.15, 0.2) is 0 Å². The zero-order valence-electron chi connectivity index (χ0n) is 11.4. The first-order valence-electron chi connectivity index (χ1n) is 6.53. The molecule has 3 rings (SSSR count). The molecule has 2 aromatic rings. The van der Waals surface area contributed by atoms with Crippen molar-refractivity contribution >= 4 is 23.0 Å². The molecule has 0 aromatic carbocycles. The maximum atomic E-state index is 12.6. The summed E-state index contributed by atoms with van der Waals surface area (Å²) in [7, 11) is 0. The molecule has 0 spiro atoms. The Morgan fingerprint density at radius 1 is 1.55 bits per heavy atom. The summed E-state index contributed by atoms with van der Waals surface area (Å²) in [6.07, 6.45) is 3.90. The molecule has 2 aromatic heterocycles. The predicted octanol–water partition coefficient (Wildman–Crippen LogP) is 1.89.